The summed E-state index contributed by atoms with van der Waals surface area (Å²) in [5.41, 5.74) is 0.829. The zero-order chi connectivity index (χ0) is 13.8. The van der Waals surface area contributed by atoms with Gasteiger partial charge in [0, 0.05) is 17.8 Å². The summed E-state index contributed by atoms with van der Waals surface area (Å²) in [5, 5.41) is 0.612. The monoisotopic (exact) mass is 287 g/mol. The number of rotatable bonds is 5. The summed E-state index contributed by atoms with van der Waals surface area (Å²) in [4.78, 5) is 13.3. The Bertz CT molecular complexity index is 571. The fourth-order valence-corrected chi connectivity index (χ4v) is 2.06. The molecule has 0 unspecified atom stereocenters. The molecule has 0 bridgehead atoms. The Balaban J connectivity index is 2.30. The molecule has 1 aromatic carbocycles. The number of furan rings is 1. The lowest BCUT2D eigenvalue weighted by molar-refractivity contribution is 0.0572. The van der Waals surface area contributed by atoms with Crippen LogP contribution in [0, 0.1) is 0 Å². The molecule has 0 fully saturated rings. The predicted molar refractivity (Wildman–Crippen MR) is 68.8 cm³/mol. The van der Waals surface area contributed by atoms with Gasteiger partial charge in [-0.25, -0.2) is 8.78 Å². The second kappa shape index (κ2) is 6.02. The number of alkyl halides is 3. The van der Waals surface area contributed by atoms with E-state index in [-0.39, 0.29) is 18.0 Å². The van der Waals surface area contributed by atoms with E-state index in [9.17, 15) is 13.6 Å². The molecule has 2 aromatic rings. The van der Waals surface area contributed by atoms with Crippen molar-refractivity contribution in [1.29, 1.82) is 0 Å². The molecule has 0 atom stereocenters. The van der Waals surface area contributed by atoms with E-state index in [1.165, 1.54) is 6.26 Å². The predicted octanol–water partition coefficient (Wildman–Crippen LogP) is 3.38. The van der Waals surface area contributed by atoms with Crippen molar-refractivity contribution in [2.45, 2.75) is 6.43 Å². The minimum atomic E-state index is -2.59. The van der Waals surface area contributed by atoms with Gasteiger partial charge < -0.3 is 9.32 Å². The summed E-state index contributed by atoms with van der Waals surface area (Å²) < 4.78 is 30.2. The van der Waals surface area contributed by atoms with Gasteiger partial charge in [0.25, 0.3) is 12.3 Å². The summed E-state index contributed by atoms with van der Waals surface area (Å²) in [6.07, 6.45) is -1.30. The van der Waals surface area contributed by atoms with Gasteiger partial charge in [-0.05, 0) is 6.07 Å². The molecule has 0 saturated heterocycles. The summed E-state index contributed by atoms with van der Waals surface area (Å²) >= 11 is 5.54. The van der Waals surface area contributed by atoms with Crippen molar-refractivity contribution >= 4 is 28.5 Å². The van der Waals surface area contributed by atoms with Gasteiger partial charge in [0.05, 0.1) is 12.1 Å². The number of nitrogens with zero attached hydrogens (tertiary/aromatic N) is 1. The second-order valence-electron chi connectivity index (χ2n) is 3.98. The fourth-order valence-electron chi connectivity index (χ4n) is 1.86. The molecule has 0 aliphatic heterocycles. The van der Waals surface area contributed by atoms with Gasteiger partial charge in [0.15, 0.2) is 0 Å². The van der Waals surface area contributed by atoms with Crippen LogP contribution in [0.4, 0.5) is 8.78 Å². The first-order chi connectivity index (χ1) is 9.13. The van der Waals surface area contributed by atoms with Crippen LogP contribution < -0.4 is 0 Å². The van der Waals surface area contributed by atoms with Crippen LogP contribution in [0.3, 0.4) is 0 Å². The van der Waals surface area contributed by atoms with Crippen LogP contribution in [0.2, 0.25) is 0 Å². The number of carbonyl (C=O) groups is 1. The highest BCUT2D eigenvalue weighted by molar-refractivity contribution is 6.18. The van der Waals surface area contributed by atoms with Gasteiger partial charge in [0.2, 0.25) is 0 Å². The first-order valence-corrected chi connectivity index (χ1v) is 6.26. The summed E-state index contributed by atoms with van der Waals surface area (Å²) in [7, 11) is 0. The van der Waals surface area contributed by atoms with Gasteiger partial charge in [-0.2, -0.15) is 0 Å². The number of fused-ring (bicyclic) bond motifs is 1. The van der Waals surface area contributed by atoms with Gasteiger partial charge in [-0.1, -0.05) is 18.2 Å². The maximum absolute atomic E-state index is 12.5. The number of hydrogen-bond donors (Lipinski definition) is 0. The molecule has 2 rings (SSSR count). The SMILES string of the molecule is O=C(c1coc2ccccc12)N(CCCl)CC(F)F. The highest BCUT2D eigenvalue weighted by atomic mass is 35.5. The Hall–Kier alpha value is -1.62. The second-order valence-corrected chi connectivity index (χ2v) is 4.35. The molecule has 0 aliphatic carbocycles. The minimum Gasteiger partial charge on any atom is -0.463 e. The van der Waals surface area contributed by atoms with E-state index in [0.717, 1.165) is 4.90 Å². The number of hydrogen-bond acceptors (Lipinski definition) is 2. The number of amides is 1. The van der Waals surface area contributed by atoms with Crippen LogP contribution in [-0.2, 0) is 0 Å². The third kappa shape index (κ3) is 3.04. The Morgan fingerprint density at radius 1 is 1.37 bits per heavy atom. The summed E-state index contributed by atoms with van der Waals surface area (Å²) in [6.45, 7) is -0.560. The van der Waals surface area contributed by atoms with Crippen LogP contribution >= 0.6 is 11.6 Å². The normalized spacial score (nSPS) is 11.2. The highest BCUT2D eigenvalue weighted by Crippen LogP contribution is 2.22. The Morgan fingerprint density at radius 2 is 2.11 bits per heavy atom. The molecule has 0 radical (unpaired) electrons. The zero-order valence-corrected chi connectivity index (χ0v) is 10.7. The Morgan fingerprint density at radius 3 is 2.79 bits per heavy atom. The van der Waals surface area contributed by atoms with Crippen molar-refractivity contribution in [3.05, 3.63) is 36.1 Å². The largest absolute Gasteiger partial charge is 0.463 e. The fraction of sp³-hybridized carbons (Fsp3) is 0.308. The van der Waals surface area contributed by atoms with Crippen LogP contribution in [0.5, 0.6) is 0 Å². The molecule has 0 aliphatic rings. The van der Waals surface area contributed by atoms with Crippen molar-refractivity contribution in [3.8, 4) is 0 Å². The number of para-hydroxylation sites is 1. The molecule has 19 heavy (non-hydrogen) atoms. The van der Waals surface area contributed by atoms with Crippen molar-refractivity contribution in [2.24, 2.45) is 0 Å². The molecule has 3 nitrogen and oxygen atoms in total. The van der Waals surface area contributed by atoms with E-state index < -0.39 is 18.9 Å². The first-order valence-electron chi connectivity index (χ1n) is 5.73. The molecule has 6 heteroatoms. The van der Waals surface area contributed by atoms with Gasteiger partial charge in [-0.15, -0.1) is 11.6 Å². The Labute approximate surface area is 113 Å². The average molecular weight is 288 g/mol. The molecule has 0 saturated carbocycles. The molecular formula is C13H12ClF2NO2. The quantitative estimate of drug-likeness (QED) is 0.790. The van der Waals surface area contributed by atoms with E-state index in [1.807, 2.05) is 0 Å². The maximum Gasteiger partial charge on any atom is 0.257 e. The summed E-state index contributed by atoms with van der Waals surface area (Å²) in [6, 6.07) is 6.96. The molecule has 102 valence electrons. The molecule has 0 N–H and O–H groups in total. The molecule has 0 spiro atoms. The highest BCUT2D eigenvalue weighted by Gasteiger charge is 2.22. The Kier molecular flexibility index (Phi) is 4.37. The van der Waals surface area contributed by atoms with E-state index in [4.69, 9.17) is 16.0 Å². The maximum atomic E-state index is 12.5. The van der Waals surface area contributed by atoms with E-state index >= 15 is 0 Å². The van der Waals surface area contributed by atoms with Crippen molar-refractivity contribution in [3.63, 3.8) is 0 Å². The number of halogens is 3. The number of benzene rings is 1. The smallest absolute Gasteiger partial charge is 0.257 e. The van der Waals surface area contributed by atoms with E-state index in [0.29, 0.717) is 11.0 Å². The first kappa shape index (κ1) is 13.8. The molecule has 1 heterocycles. The van der Waals surface area contributed by atoms with Crippen molar-refractivity contribution < 1.29 is 18.0 Å². The lowest BCUT2D eigenvalue weighted by Gasteiger charge is -2.20. The minimum absolute atomic E-state index is 0.0736. The van der Waals surface area contributed by atoms with Crippen molar-refractivity contribution in [1.82, 2.24) is 4.90 Å². The number of carbonyl (C=O) groups excluding carboxylic acids is 1. The average Bonchev–Trinajstić information content (AvgIpc) is 2.80. The van der Waals surface area contributed by atoms with Crippen molar-refractivity contribution in [2.75, 3.05) is 19.0 Å². The van der Waals surface area contributed by atoms with E-state index in [1.54, 1.807) is 24.3 Å². The standard InChI is InChI=1S/C13H12ClF2NO2/c14-5-6-17(7-12(15)16)13(18)10-8-19-11-4-2-1-3-9(10)11/h1-4,8,12H,5-7H2. The molecule has 1 amide bonds. The summed E-state index contributed by atoms with van der Waals surface area (Å²) in [5.74, 6) is -0.389. The van der Waals surface area contributed by atoms with Gasteiger partial charge in [0.1, 0.15) is 11.8 Å². The van der Waals surface area contributed by atoms with Crippen LogP contribution in [-0.4, -0.2) is 36.2 Å². The van der Waals surface area contributed by atoms with E-state index in [2.05, 4.69) is 0 Å². The third-order valence-corrected chi connectivity index (χ3v) is 2.88. The van der Waals surface area contributed by atoms with Crippen LogP contribution in [0.1, 0.15) is 10.4 Å². The van der Waals surface area contributed by atoms with Gasteiger partial charge in [-0.3, -0.25) is 4.79 Å². The van der Waals surface area contributed by atoms with Crippen LogP contribution in [0.25, 0.3) is 11.0 Å². The lowest BCUT2D eigenvalue weighted by atomic mass is 10.1. The molecular weight excluding hydrogens is 276 g/mol. The lowest BCUT2D eigenvalue weighted by Crippen LogP contribution is -2.36. The van der Waals surface area contributed by atoms with Gasteiger partial charge >= 0.3 is 0 Å². The van der Waals surface area contributed by atoms with Crippen LogP contribution in [0.15, 0.2) is 34.9 Å². The molecule has 1 aromatic heterocycles. The topological polar surface area (TPSA) is 33.5 Å². The third-order valence-electron chi connectivity index (χ3n) is 2.71. The zero-order valence-electron chi connectivity index (χ0n) is 9.98.